The quantitative estimate of drug-likeness (QED) is 0.612. The molecule has 1 unspecified atom stereocenters. The standard InChI is InChI=1S/C19H20O4/c1-4-13(2)19(21)23-18-11-7-16(8-12-18)15-5-9-17(10-6-15)22-14(3)20/h5-13H,4H2,1-3H3. The fourth-order valence-electron chi connectivity index (χ4n) is 1.98. The minimum atomic E-state index is -0.342. The summed E-state index contributed by atoms with van der Waals surface area (Å²) in [7, 11) is 0. The molecular formula is C19H20O4. The number of hydrogen-bond donors (Lipinski definition) is 0. The van der Waals surface area contributed by atoms with Gasteiger partial charge in [-0.25, -0.2) is 0 Å². The van der Waals surface area contributed by atoms with Crippen molar-refractivity contribution < 1.29 is 19.1 Å². The van der Waals surface area contributed by atoms with Crippen LogP contribution < -0.4 is 9.47 Å². The zero-order valence-corrected chi connectivity index (χ0v) is 13.5. The van der Waals surface area contributed by atoms with Gasteiger partial charge in [0.05, 0.1) is 5.92 Å². The van der Waals surface area contributed by atoms with Gasteiger partial charge in [-0.15, -0.1) is 0 Å². The Morgan fingerprint density at radius 1 is 0.870 bits per heavy atom. The van der Waals surface area contributed by atoms with Gasteiger partial charge < -0.3 is 9.47 Å². The van der Waals surface area contributed by atoms with E-state index in [0.717, 1.165) is 17.5 Å². The van der Waals surface area contributed by atoms with E-state index in [0.29, 0.717) is 11.5 Å². The first-order chi connectivity index (χ1) is 11.0. The van der Waals surface area contributed by atoms with Crippen LogP contribution in [0.15, 0.2) is 48.5 Å². The third-order valence-corrected chi connectivity index (χ3v) is 3.54. The molecular weight excluding hydrogens is 292 g/mol. The lowest BCUT2D eigenvalue weighted by Crippen LogP contribution is -2.16. The maximum atomic E-state index is 11.8. The van der Waals surface area contributed by atoms with Gasteiger partial charge in [-0.1, -0.05) is 38.1 Å². The highest BCUT2D eigenvalue weighted by atomic mass is 16.5. The first-order valence-electron chi connectivity index (χ1n) is 7.60. The van der Waals surface area contributed by atoms with Gasteiger partial charge in [-0.3, -0.25) is 9.59 Å². The van der Waals surface area contributed by atoms with Crippen molar-refractivity contribution in [3.8, 4) is 22.6 Å². The summed E-state index contributed by atoms with van der Waals surface area (Å²) in [6.45, 7) is 5.17. The largest absolute Gasteiger partial charge is 0.427 e. The van der Waals surface area contributed by atoms with Crippen molar-refractivity contribution in [1.29, 1.82) is 0 Å². The van der Waals surface area contributed by atoms with Crippen molar-refractivity contribution >= 4 is 11.9 Å². The minimum absolute atomic E-state index is 0.108. The summed E-state index contributed by atoms with van der Waals surface area (Å²) < 4.78 is 10.3. The number of carbonyl (C=O) groups excluding carboxylic acids is 2. The summed E-state index contributed by atoms with van der Waals surface area (Å²) in [5, 5.41) is 0. The second-order valence-electron chi connectivity index (χ2n) is 5.37. The van der Waals surface area contributed by atoms with Crippen molar-refractivity contribution in [2.75, 3.05) is 0 Å². The van der Waals surface area contributed by atoms with Crippen LogP contribution in [0.4, 0.5) is 0 Å². The third kappa shape index (κ3) is 4.68. The number of rotatable bonds is 5. The van der Waals surface area contributed by atoms with Gasteiger partial charge in [0.1, 0.15) is 11.5 Å². The molecule has 0 radical (unpaired) electrons. The maximum Gasteiger partial charge on any atom is 0.314 e. The molecule has 23 heavy (non-hydrogen) atoms. The predicted octanol–water partition coefficient (Wildman–Crippen LogP) is 4.23. The molecule has 0 N–H and O–H groups in total. The molecule has 2 aromatic carbocycles. The molecule has 0 saturated heterocycles. The van der Waals surface area contributed by atoms with Crippen LogP contribution in [0.5, 0.6) is 11.5 Å². The number of ether oxygens (including phenoxy) is 2. The van der Waals surface area contributed by atoms with Crippen molar-refractivity contribution in [2.24, 2.45) is 5.92 Å². The van der Waals surface area contributed by atoms with E-state index in [1.807, 2.05) is 38.1 Å². The van der Waals surface area contributed by atoms with Gasteiger partial charge in [-0.2, -0.15) is 0 Å². The van der Waals surface area contributed by atoms with Gasteiger partial charge >= 0.3 is 11.9 Å². The summed E-state index contributed by atoms with van der Waals surface area (Å²) in [5.74, 6) is 0.385. The van der Waals surface area contributed by atoms with Gasteiger partial charge in [0.2, 0.25) is 0 Å². The molecule has 4 heteroatoms. The Labute approximate surface area is 136 Å². The molecule has 2 aromatic rings. The molecule has 0 amide bonds. The van der Waals surface area contributed by atoms with Crippen LogP contribution in [0.1, 0.15) is 27.2 Å². The van der Waals surface area contributed by atoms with Crippen LogP contribution >= 0.6 is 0 Å². The minimum Gasteiger partial charge on any atom is -0.427 e. The molecule has 0 fully saturated rings. The Balaban J connectivity index is 2.07. The predicted molar refractivity (Wildman–Crippen MR) is 88.3 cm³/mol. The van der Waals surface area contributed by atoms with E-state index in [4.69, 9.17) is 9.47 Å². The first-order valence-corrected chi connectivity index (χ1v) is 7.60. The third-order valence-electron chi connectivity index (χ3n) is 3.54. The Morgan fingerprint density at radius 3 is 1.70 bits per heavy atom. The SMILES string of the molecule is CCC(C)C(=O)Oc1ccc(-c2ccc(OC(C)=O)cc2)cc1. The van der Waals surface area contributed by atoms with E-state index >= 15 is 0 Å². The molecule has 0 aromatic heterocycles. The van der Waals surface area contributed by atoms with Crippen LogP contribution in [0, 0.1) is 5.92 Å². The Hall–Kier alpha value is -2.62. The van der Waals surface area contributed by atoms with Crippen molar-refractivity contribution in [3.63, 3.8) is 0 Å². The van der Waals surface area contributed by atoms with Gasteiger partial charge in [-0.05, 0) is 41.8 Å². The van der Waals surface area contributed by atoms with Crippen molar-refractivity contribution in [1.82, 2.24) is 0 Å². The molecule has 1 atom stereocenters. The zero-order chi connectivity index (χ0) is 16.8. The van der Waals surface area contributed by atoms with Crippen molar-refractivity contribution in [2.45, 2.75) is 27.2 Å². The highest BCUT2D eigenvalue weighted by molar-refractivity contribution is 5.75. The second kappa shape index (κ2) is 7.58. The van der Waals surface area contributed by atoms with Crippen LogP contribution in [-0.2, 0) is 9.59 Å². The van der Waals surface area contributed by atoms with E-state index in [2.05, 4.69) is 0 Å². The molecule has 0 aliphatic rings. The fourth-order valence-corrected chi connectivity index (χ4v) is 1.98. The van der Waals surface area contributed by atoms with Gasteiger partial charge in [0.15, 0.2) is 0 Å². The molecule has 0 aliphatic heterocycles. The number of hydrogen-bond acceptors (Lipinski definition) is 4. The lowest BCUT2D eigenvalue weighted by atomic mass is 10.1. The van der Waals surface area contributed by atoms with Gasteiger partial charge in [0.25, 0.3) is 0 Å². The lowest BCUT2D eigenvalue weighted by molar-refractivity contribution is -0.138. The fraction of sp³-hybridized carbons (Fsp3) is 0.263. The van der Waals surface area contributed by atoms with Crippen LogP contribution in [0.2, 0.25) is 0 Å². The van der Waals surface area contributed by atoms with E-state index < -0.39 is 0 Å². The summed E-state index contributed by atoms with van der Waals surface area (Å²) in [5.41, 5.74) is 1.98. The maximum absolute atomic E-state index is 11.8. The monoisotopic (exact) mass is 312 g/mol. The average molecular weight is 312 g/mol. The highest BCUT2D eigenvalue weighted by Gasteiger charge is 2.12. The average Bonchev–Trinajstić information content (AvgIpc) is 2.55. The molecule has 0 aliphatic carbocycles. The Kier molecular flexibility index (Phi) is 5.52. The van der Waals surface area contributed by atoms with E-state index in [1.54, 1.807) is 24.3 Å². The normalized spacial score (nSPS) is 11.6. The molecule has 4 nitrogen and oxygen atoms in total. The summed E-state index contributed by atoms with van der Waals surface area (Å²) >= 11 is 0. The second-order valence-corrected chi connectivity index (χ2v) is 5.37. The molecule has 0 heterocycles. The van der Waals surface area contributed by atoms with E-state index in [9.17, 15) is 9.59 Å². The van der Waals surface area contributed by atoms with Crippen LogP contribution in [-0.4, -0.2) is 11.9 Å². The number of benzene rings is 2. The van der Waals surface area contributed by atoms with Crippen molar-refractivity contribution in [3.05, 3.63) is 48.5 Å². The molecule has 2 rings (SSSR count). The van der Waals surface area contributed by atoms with E-state index in [-0.39, 0.29) is 17.9 Å². The smallest absolute Gasteiger partial charge is 0.314 e. The summed E-state index contributed by atoms with van der Waals surface area (Å²) in [6.07, 6.45) is 0.756. The molecule has 0 bridgehead atoms. The first kappa shape index (κ1) is 16.7. The lowest BCUT2D eigenvalue weighted by Gasteiger charge is -2.09. The number of carbonyl (C=O) groups is 2. The molecule has 0 spiro atoms. The molecule has 120 valence electrons. The number of esters is 2. The van der Waals surface area contributed by atoms with Crippen LogP contribution in [0.3, 0.4) is 0 Å². The molecule has 0 saturated carbocycles. The Bertz CT molecular complexity index is 672. The topological polar surface area (TPSA) is 52.6 Å². The zero-order valence-electron chi connectivity index (χ0n) is 13.5. The van der Waals surface area contributed by atoms with Crippen LogP contribution in [0.25, 0.3) is 11.1 Å². The van der Waals surface area contributed by atoms with Gasteiger partial charge in [0, 0.05) is 6.92 Å². The Morgan fingerprint density at radius 2 is 1.30 bits per heavy atom. The highest BCUT2D eigenvalue weighted by Crippen LogP contribution is 2.25. The summed E-state index contributed by atoms with van der Waals surface area (Å²) in [6, 6.07) is 14.6. The van der Waals surface area contributed by atoms with E-state index in [1.165, 1.54) is 6.92 Å². The summed E-state index contributed by atoms with van der Waals surface area (Å²) in [4.78, 5) is 22.7.